The van der Waals surface area contributed by atoms with Gasteiger partial charge in [-0.2, -0.15) is 17.6 Å². The number of hydrogen-bond donors (Lipinski definition) is 3. The van der Waals surface area contributed by atoms with Crippen molar-refractivity contribution in [2.75, 3.05) is 5.32 Å². The summed E-state index contributed by atoms with van der Waals surface area (Å²) in [5.41, 5.74) is -1.70. The van der Waals surface area contributed by atoms with E-state index in [1.807, 2.05) is 0 Å². The highest BCUT2D eigenvalue weighted by molar-refractivity contribution is 5.93. The van der Waals surface area contributed by atoms with Gasteiger partial charge in [-0.15, -0.1) is 0 Å². The number of fused-ring (bicyclic) bond motifs is 2. The van der Waals surface area contributed by atoms with Crippen molar-refractivity contribution in [3.8, 4) is 11.4 Å². The van der Waals surface area contributed by atoms with E-state index in [2.05, 4.69) is 10.3 Å². The van der Waals surface area contributed by atoms with Crippen LogP contribution in [-0.2, 0) is 0 Å². The fourth-order valence-electron chi connectivity index (χ4n) is 5.14. The molecule has 1 aliphatic carbocycles. The molecule has 36 heavy (non-hydrogen) atoms. The highest BCUT2D eigenvalue weighted by atomic mass is 19.4. The summed E-state index contributed by atoms with van der Waals surface area (Å²) in [6, 6.07) is 9.69. The molecular formula is C26H22F5N3O2. The lowest BCUT2D eigenvalue weighted by Crippen LogP contribution is -2.55. The van der Waals surface area contributed by atoms with Crippen LogP contribution in [0.5, 0.6) is 5.75 Å². The number of benzene rings is 2. The number of nitrogens with one attached hydrogen (secondary N) is 1. The molecule has 5 nitrogen and oxygen atoms in total. The second kappa shape index (κ2) is 8.48. The lowest BCUT2D eigenvalue weighted by atomic mass is 9.69. The Morgan fingerprint density at radius 3 is 2.56 bits per heavy atom. The second-order valence-electron chi connectivity index (χ2n) is 8.97. The Kier molecular flexibility index (Phi) is 5.66. The van der Waals surface area contributed by atoms with Crippen LogP contribution in [0.25, 0.3) is 16.6 Å². The first-order chi connectivity index (χ1) is 17.0. The summed E-state index contributed by atoms with van der Waals surface area (Å²) >= 11 is 0. The van der Waals surface area contributed by atoms with Gasteiger partial charge in [0.25, 0.3) is 0 Å². The van der Waals surface area contributed by atoms with Crippen LogP contribution in [-0.4, -0.2) is 31.5 Å². The molecule has 0 saturated heterocycles. The average Bonchev–Trinajstić information content (AvgIpc) is 3.27. The van der Waals surface area contributed by atoms with Crippen molar-refractivity contribution in [2.45, 2.75) is 43.5 Å². The number of rotatable bonds is 4. The molecular weight excluding hydrogens is 481 g/mol. The van der Waals surface area contributed by atoms with E-state index in [-0.39, 0.29) is 17.5 Å². The minimum atomic E-state index is -5.01. The molecule has 2 aromatic carbocycles. The van der Waals surface area contributed by atoms with Crippen LogP contribution in [0.2, 0.25) is 0 Å². The minimum Gasteiger partial charge on any atom is -0.505 e. The number of halogens is 5. The number of aliphatic hydroxyl groups is 1. The van der Waals surface area contributed by atoms with Crippen molar-refractivity contribution in [2.24, 2.45) is 0 Å². The quantitative estimate of drug-likeness (QED) is 0.224. The van der Waals surface area contributed by atoms with Gasteiger partial charge in [0.15, 0.2) is 17.2 Å². The van der Waals surface area contributed by atoms with Gasteiger partial charge in [0.05, 0.1) is 23.4 Å². The molecule has 0 spiro atoms. The van der Waals surface area contributed by atoms with Gasteiger partial charge in [0.1, 0.15) is 0 Å². The van der Waals surface area contributed by atoms with Gasteiger partial charge in [0, 0.05) is 22.8 Å². The molecule has 3 atom stereocenters. The molecule has 3 N–H and O–H groups in total. The lowest BCUT2D eigenvalue weighted by molar-refractivity contribution is -0.272. The number of phenolic OH excluding ortho intramolecular Hbond substituents is 1. The van der Waals surface area contributed by atoms with E-state index in [4.69, 9.17) is 0 Å². The predicted octanol–water partition coefficient (Wildman–Crippen LogP) is 6.35. The van der Waals surface area contributed by atoms with Gasteiger partial charge in [0.2, 0.25) is 5.95 Å². The molecule has 188 valence electrons. The number of pyridine rings is 1. The van der Waals surface area contributed by atoms with Crippen molar-refractivity contribution in [1.82, 2.24) is 9.55 Å². The zero-order chi connectivity index (χ0) is 25.8. The lowest BCUT2D eigenvalue weighted by Gasteiger charge is -2.45. The molecule has 0 amide bonds. The Morgan fingerprint density at radius 2 is 1.89 bits per heavy atom. The number of anilines is 1. The number of aromatic hydroxyl groups is 1. The van der Waals surface area contributed by atoms with Gasteiger partial charge >= 0.3 is 6.18 Å². The maximum atomic E-state index is 14.4. The standard InChI is InChI=1S/C26H22F5N3O2/c1-2-14-12-25(36,26(29,30)31)24(17-7-8-18(27)23(35)22(14)17)33-19-4-3-5-20-16(19)10-11-34(20)15-6-9-21(28)32-13-15/h3-11,13-14,24,33,35-36H,2,12H2,1H3/t14-,24+,25-/m1/s1. The largest absolute Gasteiger partial charge is 0.505 e. The minimum absolute atomic E-state index is 0.0222. The smallest absolute Gasteiger partial charge is 0.419 e. The van der Waals surface area contributed by atoms with E-state index in [1.54, 1.807) is 42.0 Å². The normalized spacial score (nSPS) is 22.0. The van der Waals surface area contributed by atoms with E-state index in [9.17, 15) is 32.2 Å². The van der Waals surface area contributed by atoms with E-state index in [1.165, 1.54) is 24.4 Å². The van der Waals surface area contributed by atoms with Crippen molar-refractivity contribution >= 4 is 16.6 Å². The van der Waals surface area contributed by atoms with Crippen LogP contribution < -0.4 is 5.32 Å². The van der Waals surface area contributed by atoms with Crippen molar-refractivity contribution in [1.29, 1.82) is 0 Å². The fraction of sp³-hybridized carbons (Fsp3) is 0.269. The zero-order valence-electron chi connectivity index (χ0n) is 19.0. The number of alkyl halides is 3. The van der Waals surface area contributed by atoms with Crippen molar-refractivity contribution < 1.29 is 32.2 Å². The molecule has 2 heterocycles. The number of nitrogens with zero attached hydrogens (tertiary/aromatic N) is 2. The maximum Gasteiger partial charge on any atom is 0.419 e. The third kappa shape index (κ3) is 3.67. The predicted molar refractivity (Wildman–Crippen MR) is 124 cm³/mol. The molecule has 0 bridgehead atoms. The third-order valence-corrected chi connectivity index (χ3v) is 6.96. The fourth-order valence-corrected chi connectivity index (χ4v) is 5.14. The van der Waals surface area contributed by atoms with Gasteiger partial charge in [-0.3, -0.25) is 0 Å². The Morgan fingerprint density at radius 1 is 1.11 bits per heavy atom. The van der Waals surface area contributed by atoms with E-state index in [0.717, 1.165) is 6.07 Å². The monoisotopic (exact) mass is 503 g/mol. The molecule has 0 unspecified atom stereocenters. The summed E-state index contributed by atoms with van der Waals surface area (Å²) in [4.78, 5) is 3.64. The molecule has 1 aliphatic rings. The first-order valence-corrected chi connectivity index (χ1v) is 11.3. The highest BCUT2D eigenvalue weighted by Crippen LogP contribution is 2.55. The van der Waals surface area contributed by atoms with Crippen LogP contribution in [0.1, 0.15) is 42.9 Å². The van der Waals surface area contributed by atoms with Gasteiger partial charge < -0.3 is 20.1 Å². The Bertz CT molecular complexity index is 1430. The SMILES string of the molecule is CC[C@@H]1C[C@](O)(C(F)(F)F)[C@@H](Nc2cccc3c2ccn3-c2ccc(F)nc2)c2ccc(F)c(O)c21. The number of phenols is 1. The molecule has 0 saturated carbocycles. The zero-order valence-corrected chi connectivity index (χ0v) is 19.0. The summed E-state index contributed by atoms with van der Waals surface area (Å²) in [6.07, 6.45) is -2.59. The van der Waals surface area contributed by atoms with E-state index >= 15 is 0 Å². The number of aromatic nitrogens is 2. The summed E-state index contributed by atoms with van der Waals surface area (Å²) in [5, 5.41) is 24.9. The Balaban J connectivity index is 1.66. The Hall–Kier alpha value is -3.66. The Labute approximate surface area is 202 Å². The second-order valence-corrected chi connectivity index (χ2v) is 8.97. The van der Waals surface area contributed by atoms with Crippen LogP contribution >= 0.6 is 0 Å². The molecule has 0 radical (unpaired) electrons. The van der Waals surface area contributed by atoms with Crippen LogP contribution in [0.15, 0.2) is 60.9 Å². The molecule has 4 aromatic rings. The molecule has 2 aromatic heterocycles. The summed E-state index contributed by atoms with van der Waals surface area (Å²) in [5.74, 6) is -3.19. The van der Waals surface area contributed by atoms with Crippen LogP contribution in [0.4, 0.5) is 27.6 Å². The van der Waals surface area contributed by atoms with Gasteiger partial charge in [-0.25, -0.2) is 9.37 Å². The summed E-state index contributed by atoms with van der Waals surface area (Å²) < 4.78 is 72.3. The van der Waals surface area contributed by atoms with Gasteiger partial charge in [-0.1, -0.05) is 19.1 Å². The summed E-state index contributed by atoms with van der Waals surface area (Å²) in [7, 11) is 0. The maximum absolute atomic E-state index is 14.4. The molecule has 0 aliphatic heterocycles. The van der Waals surface area contributed by atoms with Gasteiger partial charge in [-0.05, 0) is 60.7 Å². The van der Waals surface area contributed by atoms with Crippen LogP contribution in [0, 0.1) is 11.8 Å². The average molecular weight is 503 g/mol. The first-order valence-electron chi connectivity index (χ1n) is 11.3. The van der Waals surface area contributed by atoms with Crippen LogP contribution in [0.3, 0.4) is 0 Å². The molecule has 5 rings (SSSR count). The highest BCUT2D eigenvalue weighted by Gasteiger charge is 2.62. The molecule has 10 heteroatoms. The number of hydrogen-bond acceptors (Lipinski definition) is 4. The van der Waals surface area contributed by atoms with Crippen molar-refractivity contribution in [3.63, 3.8) is 0 Å². The first kappa shape index (κ1) is 24.1. The van der Waals surface area contributed by atoms with Crippen molar-refractivity contribution in [3.05, 3.63) is 83.8 Å². The topological polar surface area (TPSA) is 70.3 Å². The van der Waals surface area contributed by atoms with E-state index in [0.29, 0.717) is 22.3 Å². The molecule has 0 fully saturated rings. The van der Waals surface area contributed by atoms with E-state index < -0.39 is 47.7 Å². The summed E-state index contributed by atoms with van der Waals surface area (Å²) in [6.45, 7) is 1.62. The third-order valence-electron chi connectivity index (χ3n) is 6.96.